The number of aromatic hydroxyl groups is 1. The summed E-state index contributed by atoms with van der Waals surface area (Å²) in [6, 6.07) is 36.5. The summed E-state index contributed by atoms with van der Waals surface area (Å²) < 4.78 is 43.9. The molecule has 1 aliphatic heterocycles. The van der Waals surface area contributed by atoms with Gasteiger partial charge in [-0.2, -0.15) is 9.40 Å². The molecule has 4 unspecified atom stereocenters. The number of nitrogens with zero attached hydrogens (tertiary/aromatic N) is 4. The molecule has 15 heteroatoms. The molecule has 4 atom stereocenters. The van der Waals surface area contributed by atoms with Crippen molar-refractivity contribution in [1.82, 2.24) is 30.2 Å². The number of nitrogens with one attached hydrogen (secondary N) is 2. The van der Waals surface area contributed by atoms with Gasteiger partial charge in [0.25, 0.3) is 0 Å². The van der Waals surface area contributed by atoms with Gasteiger partial charge in [-0.1, -0.05) is 108 Å². The zero-order valence-electron chi connectivity index (χ0n) is 31.0. The lowest BCUT2D eigenvalue weighted by atomic mass is 10.0. The highest BCUT2D eigenvalue weighted by Gasteiger charge is 2.33. The average molecular weight is 807 g/mol. The largest absolute Gasteiger partial charge is 0.508 e. The first-order chi connectivity index (χ1) is 27.6. The van der Waals surface area contributed by atoms with Crippen molar-refractivity contribution in [2.75, 3.05) is 5.75 Å². The average Bonchev–Trinajstić information content (AvgIpc) is 3.71. The van der Waals surface area contributed by atoms with Crippen LogP contribution in [0.3, 0.4) is 0 Å². The van der Waals surface area contributed by atoms with Gasteiger partial charge in [0.2, 0.25) is 21.1 Å². The van der Waals surface area contributed by atoms with E-state index in [1.54, 1.807) is 41.1 Å². The standard InChI is InChI=1S/C42H42N6O7S2/c1-28-7-21-37(22-8-28)57(52,53)45-38(23-29-5-3-2-4-6-29)40(51)43-25-30-9-15-33(16-10-30)41-54-36(24-39(55-41)32-13-11-31(26-49)12-14-32)27-56-42-44-46-47-48(42)34-17-19-35(50)20-18-34/h2-22,36,38-39,41,45,49-50H,23-27H2,1H3,(H,43,51). The van der Waals surface area contributed by atoms with Crippen LogP contribution in [0.4, 0.5) is 0 Å². The maximum absolute atomic E-state index is 13.6. The van der Waals surface area contributed by atoms with Crippen LogP contribution in [0.15, 0.2) is 137 Å². The first-order valence-corrected chi connectivity index (χ1v) is 20.8. The highest BCUT2D eigenvalue weighted by atomic mass is 32.2. The van der Waals surface area contributed by atoms with Crippen molar-refractivity contribution in [3.8, 4) is 11.4 Å². The molecule has 1 aromatic heterocycles. The van der Waals surface area contributed by atoms with Gasteiger partial charge in [0.1, 0.15) is 11.8 Å². The molecule has 0 spiro atoms. The van der Waals surface area contributed by atoms with Gasteiger partial charge in [-0.3, -0.25) is 4.79 Å². The zero-order chi connectivity index (χ0) is 39.8. The van der Waals surface area contributed by atoms with E-state index in [0.717, 1.165) is 33.4 Å². The highest BCUT2D eigenvalue weighted by molar-refractivity contribution is 7.99. The van der Waals surface area contributed by atoms with Gasteiger partial charge in [-0.25, -0.2) is 8.42 Å². The molecule has 0 saturated carbocycles. The monoisotopic (exact) mass is 806 g/mol. The maximum atomic E-state index is 13.6. The van der Waals surface area contributed by atoms with Gasteiger partial charge in [0.05, 0.1) is 29.4 Å². The topological polar surface area (TPSA) is 178 Å². The summed E-state index contributed by atoms with van der Waals surface area (Å²) in [7, 11) is -3.98. The maximum Gasteiger partial charge on any atom is 0.241 e. The number of tetrazole rings is 1. The fraction of sp³-hybridized carbons (Fsp3) is 0.238. The van der Waals surface area contributed by atoms with Gasteiger partial charge in [0, 0.05) is 24.3 Å². The minimum Gasteiger partial charge on any atom is -0.508 e. The fourth-order valence-electron chi connectivity index (χ4n) is 6.33. The number of sulfonamides is 1. The van der Waals surface area contributed by atoms with Crippen LogP contribution in [-0.2, 0) is 43.9 Å². The van der Waals surface area contributed by atoms with Crippen molar-refractivity contribution >= 4 is 27.7 Å². The summed E-state index contributed by atoms with van der Waals surface area (Å²) in [6.07, 6.45) is -0.549. The summed E-state index contributed by atoms with van der Waals surface area (Å²) in [5.74, 6) is 0.209. The van der Waals surface area contributed by atoms with Crippen molar-refractivity contribution in [3.05, 3.63) is 161 Å². The predicted molar refractivity (Wildman–Crippen MR) is 214 cm³/mol. The van der Waals surface area contributed by atoms with E-state index >= 15 is 0 Å². The molecule has 57 heavy (non-hydrogen) atoms. The molecule has 1 amide bonds. The summed E-state index contributed by atoms with van der Waals surface area (Å²) in [5.41, 5.74) is 5.77. The Morgan fingerprint density at radius 3 is 2.25 bits per heavy atom. The Morgan fingerprint density at radius 2 is 1.54 bits per heavy atom. The molecule has 7 rings (SSSR count). The van der Waals surface area contributed by atoms with E-state index in [9.17, 15) is 23.4 Å². The predicted octanol–water partition coefficient (Wildman–Crippen LogP) is 5.71. The van der Waals surface area contributed by atoms with Crippen LogP contribution >= 0.6 is 11.8 Å². The van der Waals surface area contributed by atoms with Crippen molar-refractivity contribution < 1.29 is 32.9 Å². The van der Waals surface area contributed by atoms with E-state index in [-0.39, 0.29) is 42.4 Å². The molecule has 4 N–H and O–H groups in total. The van der Waals surface area contributed by atoms with Crippen LogP contribution in [0.2, 0.25) is 0 Å². The molecule has 0 bridgehead atoms. The Balaban J connectivity index is 1.04. The first kappa shape index (κ1) is 39.8. The van der Waals surface area contributed by atoms with Crippen LogP contribution in [0.5, 0.6) is 5.75 Å². The van der Waals surface area contributed by atoms with Gasteiger partial charge >= 0.3 is 0 Å². The Kier molecular flexibility index (Phi) is 12.7. The SMILES string of the molecule is Cc1ccc(S(=O)(=O)NC(Cc2ccccc2)C(=O)NCc2ccc(C3OC(CSc4nnnn4-c4ccc(O)cc4)CC(c4ccc(CO)cc4)O3)cc2)cc1. The van der Waals surface area contributed by atoms with E-state index in [4.69, 9.17) is 9.47 Å². The Hall–Kier alpha value is -5.42. The van der Waals surface area contributed by atoms with Crippen LogP contribution in [0, 0.1) is 6.92 Å². The molecule has 1 fully saturated rings. The fourth-order valence-corrected chi connectivity index (χ4v) is 8.43. The van der Waals surface area contributed by atoms with Crippen molar-refractivity contribution in [2.24, 2.45) is 0 Å². The third-order valence-electron chi connectivity index (χ3n) is 9.49. The van der Waals surface area contributed by atoms with E-state index in [1.807, 2.05) is 85.8 Å². The van der Waals surface area contributed by atoms with Crippen molar-refractivity contribution in [1.29, 1.82) is 0 Å². The lowest BCUT2D eigenvalue weighted by Crippen LogP contribution is -2.47. The minimum absolute atomic E-state index is 0.0594. The quantitative estimate of drug-likeness (QED) is 0.0935. The smallest absolute Gasteiger partial charge is 0.241 e. The van der Waals surface area contributed by atoms with Crippen LogP contribution < -0.4 is 10.0 Å². The number of aliphatic hydroxyl groups excluding tert-OH is 1. The second-order valence-electron chi connectivity index (χ2n) is 13.7. The number of carbonyl (C=O) groups is 1. The molecule has 5 aromatic carbocycles. The number of amides is 1. The number of thioether (sulfide) groups is 1. The van der Waals surface area contributed by atoms with E-state index in [2.05, 4.69) is 25.6 Å². The van der Waals surface area contributed by atoms with Gasteiger partial charge in [0.15, 0.2) is 6.29 Å². The third-order valence-corrected chi connectivity index (χ3v) is 12.0. The molecule has 0 radical (unpaired) electrons. The number of aliphatic hydroxyl groups is 1. The highest BCUT2D eigenvalue weighted by Crippen LogP contribution is 2.39. The number of ether oxygens (including phenoxy) is 2. The van der Waals surface area contributed by atoms with Gasteiger partial charge in [-0.05, 0) is 82.4 Å². The van der Waals surface area contributed by atoms with Crippen LogP contribution in [-0.4, -0.2) is 62.6 Å². The summed E-state index contributed by atoms with van der Waals surface area (Å²) in [6.45, 7) is 1.98. The van der Waals surface area contributed by atoms with E-state index < -0.39 is 28.3 Å². The number of carbonyl (C=O) groups excluding carboxylic acids is 1. The van der Waals surface area contributed by atoms with E-state index in [1.165, 1.54) is 23.9 Å². The lowest BCUT2D eigenvalue weighted by Gasteiger charge is -2.36. The number of hydrogen-bond donors (Lipinski definition) is 4. The van der Waals surface area contributed by atoms with Crippen LogP contribution in [0.25, 0.3) is 5.69 Å². The summed E-state index contributed by atoms with van der Waals surface area (Å²) in [4.78, 5) is 13.7. The molecule has 1 aliphatic rings. The molecule has 13 nitrogen and oxygen atoms in total. The number of aryl methyl sites for hydroxylation is 1. The Morgan fingerprint density at radius 1 is 0.860 bits per heavy atom. The molecular weight excluding hydrogens is 765 g/mol. The van der Waals surface area contributed by atoms with Crippen molar-refractivity contribution in [2.45, 2.75) is 67.5 Å². The molecular formula is C42H42N6O7S2. The number of hydrogen-bond acceptors (Lipinski definition) is 11. The third kappa shape index (κ3) is 10.3. The van der Waals surface area contributed by atoms with E-state index in [0.29, 0.717) is 23.0 Å². The number of benzene rings is 5. The molecule has 2 heterocycles. The van der Waals surface area contributed by atoms with Gasteiger partial charge in [-0.15, -0.1) is 5.10 Å². The molecule has 1 saturated heterocycles. The molecule has 0 aliphatic carbocycles. The number of phenols is 1. The number of phenolic OH excluding ortho intramolecular Hbond substituents is 1. The van der Waals surface area contributed by atoms with Crippen molar-refractivity contribution in [3.63, 3.8) is 0 Å². The second kappa shape index (κ2) is 18.2. The number of aromatic nitrogens is 4. The molecule has 294 valence electrons. The first-order valence-electron chi connectivity index (χ1n) is 18.3. The zero-order valence-corrected chi connectivity index (χ0v) is 32.6. The number of rotatable bonds is 15. The Bertz CT molecular complexity index is 2340. The lowest BCUT2D eigenvalue weighted by molar-refractivity contribution is -0.245. The second-order valence-corrected chi connectivity index (χ2v) is 16.4. The Labute approximate surface area is 335 Å². The minimum atomic E-state index is -3.98. The summed E-state index contributed by atoms with van der Waals surface area (Å²) in [5, 5.41) is 35.0. The summed E-state index contributed by atoms with van der Waals surface area (Å²) >= 11 is 1.44. The molecule has 6 aromatic rings. The normalized spacial score (nSPS) is 17.5. The van der Waals surface area contributed by atoms with Gasteiger partial charge < -0.3 is 25.0 Å². The van der Waals surface area contributed by atoms with Crippen LogP contribution in [0.1, 0.15) is 52.2 Å².